The number of halogens is 1. The van der Waals surface area contributed by atoms with Gasteiger partial charge >= 0.3 is 0 Å². The van der Waals surface area contributed by atoms with Crippen molar-refractivity contribution >= 4 is 21.6 Å². The maximum Gasteiger partial charge on any atom is 0.269 e. The number of non-ortho nitro benzene ring substituents is 1. The zero-order valence-electron chi connectivity index (χ0n) is 17.8. The molecule has 0 aromatic heterocycles. The van der Waals surface area contributed by atoms with Crippen LogP contribution >= 0.6 is 15.9 Å². The Hall–Kier alpha value is -4.23. The molecule has 3 N–H and O–H groups in total. The summed E-state index contributed by atoms with van der Waals surface area (Å²) in [4.78, 5) is 10.6. The zero-order valence-corrected chi connectivity index (χ0v) is 19.4. The van der Waals surface area contributed by atoms with Crippen molar-refractivity contribution in [2.75, 3.05) is 7.11 Å². The Labute approximate surface area is 202 Å². The molecule has 1 aliphatic rings. The van der Waals surface area contributed by atoms with Gasteiger partial charge < -0.3 is 25.1 Å². The van der Waals surface area contributed by atoms with Crippen LogP contribution in [0.25, 0.3) is 0 Å². The Morgan fingerprint density at radius 1 is 1.26 bits per heavy atom. The minimum absolute atomic E-state index is 0.00867. The average Bonchev–Trinajstić information content (AvgIpc) is 2.82. The largest absolute Gasteiger partial charge is 0.508 e. The number of ether oxygens (including phenoxy) is 3. The van der Waals surface area contributed by atoms with Crippen molar-refractivity contribution in [3.05, 3.63) is 97.3 Å². The first-order chi connectivity index (χ1) is 16.3. The van der Waals surface area contributed by atoms with Gasteiger partial charge in [-0.2, -0.15) is 5.26 Å². The van der Waals surface area contributed by atoms with Crippen molar-refractivity contribution < 1.29 is 24.2 Å². The molecule has 1 atom stereocenters. The van der Waals surface area contributed by atoms with Crippen LogP contribution in [0.3, 0.4) is 0 Å². The fraction of sp³-hybridized carbons (Fsp3) is 0.125. The Bertz CT molecular complexity index is 1370. The molecule has 1 heterocycles. The molecule has 0 radical (unpaired) electrons. The van der Waals surface area contributed by atoms with Crippen molar-refractivity contribution in [1.82, 2.24) is 0 Å². The van der Waals surface area contributed by atoms with Gasteiger partial charge in [-0.25, -0.2) is 0 Å². The van der Waals surface area contributed by atoms with Gasteiger partial charge in [0.2, 0.25) is 5.88 Å². The van der Waals surface area contributed by atoms with Gasteiger partial charge in [-0.05, 0) is 45.3 Å². The fourth-order valence-electron chi connectivity index (χ4n) is 3.75. The van der Waals surface area contributed by atoms with Crippen molar-refractivity contribution in [2.24, 2.45) is 5.73 Å². The summed E-state index contributed by atoms with van der Waals surface area (Å²) in [6.07, 6.45) is 0. The third kappa shape index (κ3) is 4.33. The van der Waals surface area contributed by atoms with Gasteiger partial charge in [-0.15, -0.1) is 0 Å². The molecular weight excluding hydrogens is 506 g/mol. The lowest BCUT2D eigenvalue weighted by Crippen LogP contribution is -2.21. The van der Waals surface area contributed by atoms with Crippen LogP contribution in [0.4, 0.5) is 5.69 Å². The van der Waals surface area contributed by atoms with Crippen LogP contribution in [0, 0.1) is 21.4 Å². The molecule has 0 saturated carbocycles. The third-order valence-corrected chi connectivity index (χ3v) is 5.88. The molecule has 172 valence electrons. The van der Waals surface area contributed by atoms with E-state index < -0.39 is 10.8 Å². The summed E-state index contributed by atoms with van der Waals surface area (Å²) in [6, 6.07) is 16.4. The number of allylic oxidation sites excluding steroid dienone is 1. The second kappa shape index (κ2) is 9.33. The van der Waals surface area contributed by atoms with Gasteiger partial charge in [0.05, 0.1) is 22.4 Å². The third-order valence-electron chi connectivity index (χ3n) is 5.29. The molecule has 4 rings (SSSR count). The van der Waals surface area contributed by atoms with E-state index in [9.17, 15) is 20.5 Å². The highest BCUT2D eigenvalue weighted by Gasteiger charge is 2.32. The molecule has 9 nitrogen and oxygen atoms in total. The number of fused-ring (bicyclic) bond motifs is 1. The van der Waals surface area contributed by atoms with Crippen LogP contribution in [-0.2, 0) is 6.61 Å². The fourth-order valence-corrected chi connectivity index (χ4v) is 4.32. The van der Waals surface area contributed by atoms with Crippen LogP contribution in [-0.4, -0.2) is 17.1 Å². The average molecular weight is 524 g/mol. The van der Waals surface area contributed by atoms with E-state index in [0.29, 0.717) is 38.4 Å². The summed E-state index contributed by atoms with van der Waals surface area (Å²) >= 11 is 3.51. The molecule has 0 saturated heterocycles. The van der Waals surface area contributed by atoms with E-state index in [1.807, 2.05) is 0 Å². The topological polar surface area (TPSA) is 141 Å². The first kappa shape index (κ1) is 22.9. The van der Waals surface area contributed by atoms with Gasteiger partial charge in [0.15, 0.2) is 11.5 Å². The van der Waals surface area contributed by atoms with Gasteiger partial charge in [0, 0.05) is 23.8 Å². The number of aromatic hydroxyl groups is 1. The lowest BCUT2D eigenvalue weighted by molar-refractivity contribution is -0.384. The Balaban J connectivity index is 1.72. The van der Waals surface area contributed by atoms with Crippen molar-refractivity contribution in [3.63, 3.8) is 0 Å². The van der Waals surface area contributed by atoms with Crippen LogP contribution in [0.5, 0.6) is 23.0 Å². The maximum atomic E-state index is 11.0. The van der Waals surface area contributed by atoms with Crippen LogP contribution in [0.15, 0.2) is 70.5 Å². The number of nitrogens with two attached hydrogens (primary N) is 1. The van der Waals surface area contributed by atoms with Gasteiger partial charge in [-0.3, -0.25) is 10.1 Å². The van der Waals surface area contributed by atoms with Crippen molar-refractivity contribution in [3.8, 4) is 29.1 Å². The van der Waals surface area contributed by atoms with E-state index in [2.05, 4.69) is 22.0 Å². The van der Waals surface area contributed by atoms with Gasteiger partial charge in [0.1, 0.15) is 29.7 Å². The minimum atomic E-state index is -0.564. The molecule has 0 aliphatic carbocycles. The minimum Gasteiger partial charge on any atom is -0.508 e. The highest BCUT2D eigenvalue weighted by molar-refractivity contribution is 9.10. The van der Waals surface area contributed by atoms with Crippen LogP contribution < -0.4 is 19.9 Å². The Kier molecular flexibility index (Phi) is 6.30. The monoisotopic (exact) mass is 523 g/mol. The summed E-state index contributed by atoms with van der Waals surface area (Å²) in [5, 5.41) is 30.6. The van der Waals surface area contributed by atoms with Gasteiger partial charge in [0.25, 0.3) is 5.69 Å². The standard InChI is InChI=1S/C24H18BrN3O6/c1-32-21-9-14(22-17-6-5-16(29)10-20(17)34-24(27)18(22)11-26)8-19(25)23(21)33-12-13-3-2-4-15(7-13)28(30)31/h2-10,22,29H,12,27H2,1H3/t22-/m0/s1. The predicted octanol–water partition coefficient (Wildman–Crippen LogP) is 4.87. The second-order valence-electron chi connectivity index (χ2n) is 7.40. The number of benzene rings is 3. The quantitative estimate of drug-likeness (QED) is 0.344. The number of rotatable bonds is 6. The van der Waals surface area contributed by atoms with Gasteiger partial charge in [-0.1, -0.05) is 18.2 Å². The second-order valence-corrected chi connectivity index (χ2v) is 8.25. The number of hydrogen-bond acceptors (Lipinski definition) is 8. The number of methoxy groups -OCH3 is 1. The summed E-state index contributed by atoms with van der Waals surface area (Å²) in [5.41, 5.74) is 8.15. The molecule has 0 amide bonds. The number of nitro groups is 1. The number of nitriles is 1. The molecule has 0 fully saturated rings. The van der Waals surface area contributed by atoms with E-state index in [4.69, 9.17) is 19.9 Å². The SMILES string of the molecule is COc1cc([C@@H]2C(C#N)=C(N)Oc3cc(O)ccc32)cc(Br)c1OCc1cccc([N+](=O)[O-])c1. The zero-order chi connectivity index (χ0) is 24.4. The van der Waals surface area contributed by atoms with E-state index in [1.165, 1.54) is 31.4 Å². The molecule has 3 aromatic rings. The number of nitro benzene ring substituents is 1. The van der Waals surface area contributed by atoms with Crippen LogP contribution in [0.2, 0.25) is 0 Å². The normalized spacial score (nSPS) is 14.6. The molecular formula is C24H18BrN3O6. The van der Waals surface area contributed by atoms with E-state index in [0.717, 1.165) is 0 Å². The van der Waals surface area contributed by atoms with Crippen molar-refractivity contribution in [2.45, 2.75) is 12.5 Å². The van der Waals surface area contributed by atoms with Crippen molar-refractivity contribution in [1.29, 1.82) is 5.26 Å². The first-order valence-corrected chi connectivity index (χ1v) is 10.8. The summed E-state index contributed by atoms with van der Waals surface area (Å²) in [6.45, 7) is 0.0751. The number of hydrogen-bond donors (Lipinski definition) is 2. The lowest BCUT2D eigenvalue weighted by Gasteiger charge is -2.27. The summed E-state index contributed by atoms with van der Waals surface area (Å²) in [5.74, 6) is 0.526. The lowest BCUT2D eigenvalue weighted by atomic mass is 9.83. The molecule has 34 heavy (non-hydrogen) atoms. The first-order valence-electron chi connectivity index (χ1n) is 9.96. The number of nitrogens with zero attached hydrogens (tertiary/aromatic N) is 2. The molecule has 0 unspecified atom stereocenters. The van der Waals surface area contributed by atoms with Crippen LogP contribution in [0.1, 0.15) is 22.6 Å². The molecule has 3 aromatic carbocycles. The maximum absolute atomic E-state index is 11.0. The van der Waals surface area contributed by atoms with E-state index in [-0.39, 0.29) is 29.5 Å². The Morgan fingerprint density at radius 2 is 2.06 bits per heavy atom. The van der Waals surface area contributed by atoms with E-state index in [1.54, 1.807) is 30.3 Å². The smallest absolute Gasteiger partial charge is 0.269 e. The predicted molar refractivity (Wildman–Crippen MR) is 126 cm³/mol. The molecule has 0 spiro atoms. The molecule has 10 heteroatoms. The number of phenols is 1. The highest BCUT2D eigenvalue weighted by Crippen LogP contribution is 2.47. The summed E-state index contributed by atoms with van der Waals surface area (Å²) < 4.78 is 17.6. The van der Waals surface area contributed by atoms with E-state index >= 15 is 0 Å². The Morgan fingerprint density at radius 3 is 2.76 bits per heavy atom. The molecule has 0 bridgehead atoms. The highest BCUT2D eigenvalue weighted by atomic mass is 79.9. The number of phenolic OH excluding ortho intramolecular Hbond substituents is 1. The summed E-state index contributed by atoms with van der Waals surface area (Å²) in [7, 11) is 1.48. The molecule has 1 aliphatic heterocycles.